The topological polar surface area (TPSA) is 43.8 Å². The summed E-state index contributed by atoms with van der Waals surface area (Å²) in [7, 11) is 0. The lowest BCUT2D eigenvalue weighted by atomic mass is 10.1. The number of nitrogens with two attached hydrogens (primary N) is 1. The Morgan fingerprint density at radius 1 is 1.59 bits per heavy atom. The molecule has 17 heavy (non-hydrogen) atoms. The lowest BCUT2D eigenvalue weighted by Crippen LogP contribution is -2.17. The Balaban J connectivity index is 2.33. The van der Waals surface area contributed by atoms with Crippen molar-refractivity contribution < 1.29 is 0 Å². The zero-order valence-corrected chi connectivity index (χ0v) is 11.6. The highest BCUT2D eigenvalue weighted by atomic mass is 35.5. The van der Waals surface area contributed by atoms with E-state index in [9.17, 15) is 0 Å². The maximum atomic E-state index is 6.27. The van der Waals surface area contributed by atoms with Crippen LogP contribution < -0.4 is 5.73 Å². The molecule has 1 atom stereocenters. The van der Waals surface area contributed by atoms with Crippen molar-refractivity contribution in [1.29, 1.82) is 0 Å². The molecular weight excluding hydrogens is 254 g/mol. The van der Waals surface area contributed by atoms with Crippen LogP contribution in [-0.2, 0) is 6.54 Å². The molecule has 1 unspecified atom stereocenters. The minimum Gasteiger partial charge on any atom is -0.318 e. The fourth-order valence-corrected chi connectivity index (χ4v) is 3.12. The average Bonchev–Trinajstić information content (AvgIpc) is 2.88. The Morgan fingerprint density at radius 2 is 2.35 bits per heavy atom. The number of rotatable bonds is 4. The predicted molar refractivity (Wildman–Crippen MR) is 72.6 cm³/mol. The van der Waals surface area contributed by atoms with Crippen LogP contribution in [0, 0.1) is 6.92 Å². The molecule has 0 aliphatic rings. The molecule has 2 aromatic heterocycles. The Bertz CT molecular complexity index is 504. The van der Waals surface area contributed by atoms with Gasteiger partial charge in [-0.25, -0.2) is 0 Å². The van der Waals surface area contributed by atoms with Gasteiger partial charge in [-0.05, 0) is 30.4 Å². The zero-order valence-electron chi connectivity index (χ0n) is 9.98. The molecule has 0 saturated heterocycles. The summed E-state index contributed by atoms with van der Waals surface area (Å²) in [6, 6.07) is 1.78. The molecule has 92 valence electrons. The second kappa shape index (κ2) is 5.21. The van der Waals surface area contributed by atoms with E-state index in [2.05, 4.69) is 12.0 Å². The Kier molecular flexibility index (Phi) is 3.86. The fourth-order valence-electron chi connectivity index (χ4n) is 1.80. The zero-order chi connectivity index (χ0) is 12.4. The van der Waals surface area contributed by atoms with Crippen molar-refractivity contribution in [2.75, 3.05) is 0 Å². The number of hydrogen-bond acceptors (Lipinski definition) is 3. The third-order valence-corrected chi connectivity index (χ3v) is 4.51. The molecule has 0 aliphatic carbocycles. The monoisotopic (exact) mass is 269 g/mol. The third kappa shape index (κ3) is 2.39. The molecule has 3 nitrogen and oxygen atoms in total. The van der Waals surface area contributed by atoms with Gasteiger partial charge in [0.2, 0.25) is 0 Å². The third-order valence-electron chi connectivity index (χ3n) is 2.71. The number of thiophene rings is 1. The first-order valence-corrected chi connectivity index (χ1v) is 6.91. The van der Waals surface area contributed by atoms with Gasteiger partial charge in [-0.3, -0.25) is 4.68 Å². The molecule has 0 amide bonds. The lowest BCUT2D eigenvalue weighted by Gasteiger charge is -2.13. The molecule has 0 aromatic carbocycles. The first-order chi connectivity index (χ1) is 8.15. The van der Waals surface area contributed by atoms with Gasteiger partial charge in [0.1, 0.15) is 0 Å². The molecule has 0 fully saturated rings. The van der Waals surface area contributed by atoms with Crippen LogP contribution in [0.25, 0.3) is 0 Å². The van der Waals surface area contributed by atoms with Crippen molar-refractivity contribution in [1.82, 2.24) is 9.78 Å². The summed E-state index contributed by atoms with van der Waals surface area (Å²) in [5, 5.41) is 7.11. The van der Waals surface area contributed by atoms with Crippen molar-refractivity contribution in [2.45, 2.75) is 32.9 Å². The first kappa shape index (κ1) is 12.6. The van der Waals surface area contributed by atoms with E-state index in [-0.39, 0.29) is 6.04 Å². The van der Waals surface area contributed by atoms with Crippen LogP contribution in [-0.4, -0.2) is 9.78 Å². The smallest absolute Gasteiger partial charge is 0.0832 e. The summed E-state index contributed by atoms with van der Waals surface area (Å²) < 4.78 is 1.95. The van der Waals surface area contributed by atoms with Gasteiger partial charge in [-0.1, -0.05) is 18.5 Å². The molecule has 2 N–H and O–H groups in total. The first-order valence-electron chi connectivity index (χ1n) is 5.66. The van der Waals surface area contributed by atoms with Crippen LogP contribution in [0.1, 0.15) is 35.5 Å². The SMILES string of the molecule is CCCn1nccc1C(N)c1scc(C)c1Cl. The number of halogens is 1. The quantitative estimate of drug-likeness (QED) is 0.925. The van der Waals surface area contributed by atoms with Gasteiger partial charge >= 0.3 is 0 Å². The van der Waals surface area contributed by atoms with Crippen LogP contribution in [0.15, 0.2) is 17.6 Å². The van der Waals surface area contributed by atoms with E-state index in [0.29, 0.717) is 0 Å². The van der Waals surface area contributed by atoms with Gasteiger partial charge < -0.3 is 5.73 Å². The minimum absolute atomic E-state index is 0.185. The Hall–Kier alpha value is -0.840. The molecule has 0 saturated carbocycles. The molecule has 2 heterocycles. The molecule has 2 aromatic rings. The van der Waals surface area contributed by atoms with Crippen LogP contribution in [0.2, 0.25) is 5.02 Å². The highest BCUT2D eigenvalue weighted by Gasteiger charge is 2.19. The molecule has 2 rings (SSSR count). The number of aryl methyl sites for hydroxylation is 2. The maximum Gasteiger partial charge on any atom is 0.0832 e. The highest BCUT2D eigenvalue weighted by molar-refractivity contribution is 7.10. The second-order valence-electron chi connectivity index (χ2n) is 4.05. The van der Waals surface area contributed by atoms with E-state index in [1.54, 1.807) is 17.5 Å². The molecule has 5 heteroatoms. The normalized spacial score (nSPS) is 12.9. The van der Waals surface area contributed by atoms with Gasteiger partial charge in [0.15, 0.2) is 0 Å². The summed E-state index contributed by atoms with van der Waals surface area (Å²) in [4.78, 5) is 1.02. The minimum atomic E-state index is -0.185. The number of aromatic nitrogens is 2. The van der Waals surface area contributed by atoms with E-state index >= 15 is 0 Å². The summed E-state index contributed by atoms with van der Waals surface area (Å²) >= 11 is 7.86. The molecule has 0 radical (unpaired) electrons. The molecule has 0 spiro atoms. The number of hydrogen-bond donors (Lipinski definition) is 1. The molecular formula is C12H16ClN3S. The van der Waals surface area contributed by atoms with Crippen molar-refractivity contribution in [2.24, 2.45) is 5.73 Å². The number of nitrogens with zero attached hydrogens (tertiary/aromatic N) is 2. The standard InChI is InChI=1S/C12H16ClN3S/c1-3-6-16-9(4-5-15-16)11(14)12-10(13)8(2)7-17-12/h4-5,7,11H,3,6,14H2,1-2H3. The van der Waals surface area contributed by atoms with Crippen LogP contribution >= 0.6 is 22.9 Å². The summed E-state index contributed by atoms with van der Waals surface area (Å²) in [5.74, 6) is 0. The highest BCUT2D eigenvalue weighted by Crippen LogP contribution is 2.34. The van der Waals surface area contributed by atoms with E-state index in [0.717, 1.165) is 34.1 Å². The average molecular weight is 270 g/mol. The summed E-state index contributed by atoms with van der Waals surface area (Å²) in [6.07, 6.45) is 2.83. The van der Waals surface area contributed by atoms with Gasteiger partial charge in [-0.2, -0.15) is 5.10 Å². The van der Waals surface area contributed by atoms with Crippen LogP contribution in [0.3, 0.4) is 0 Å². The van der Waals surface area contributed by atoms with E-state index in [1.165, 1.54) is 0 Å². The summed E-state index contributed by atoms with van der Waals surface area (Å²) in [6.45, 7) is 5.01. The Labute approximate surface area is 110 Å². The van der Waals surface area contributed by atoms with Gasteiger partial charge in [0.05, 0.1) is 16.8 Å². The van der Waals surface area contributed by atoms with E-state index in [1.807, 2.05) is 23.1 Å². The van der Waals surface area contributed by atoms with Crippen LogP contribution in [0.5, 0.6) is 0 Å². The fraction of sp³-hybridized carbons (Fsp3) is 0.417. The molecule has 0 aliphatic heterocycles. The van der Waals surface area contributed by atoms with Crippen molar-refractivity contribution in [3.05, 3.63) is 38.8 Å². The van der Waals surface area contributed by atoms with Gasteiger partial charge in [0.25, 0.3) is 0 Å². The van der Waals surface area contributed by atoms with Crippen LogP contribution in [0.4, 0.5) is 0 Å². The summed E-state index contributed by atoms with van der Waals surface area (Å²) in [5.41, 5.74) is 8.38. The predicted octanol–water partition coefficient (Wildman–Crippen LogP) is 3.36. The second-order valence-corrected chi connectivity index (χ2v) is 5.34. The maximum absolute atomic E-state index is 6.27. The van der Waals surface area contributed by atoms with E-state index < -0.39 is 0 Å². The van der Waals surface area contributed by atoms with Crippen molar-refractivity contribution >= 4 is 22.9 Å². The largest absolute Gasteiger partial charge is 0.318 e. The van der Waals surface area contributed by atoms with E-state index in [4.69, 9.17) is 17.3 Å². The van der Waals surface area contributed by atoms with Gasteiger partial charge in [-0.15, -0.1) is 11.3 Å². The van der Waals surface area contributed by atoms with Crippen molar-refractivity contribution in [3.63, 3.8) is 0 Å². The molecule has 0 bridgehead atoms. The lowest BCUT2D eigenvalue weighted by molar-refractivity contribution is 0.561. The Morgan fingerprint density at radius 3 is 2.94 bits per heavy atom. The van der Waals surface area contributed by atoms with Crippen molar-refractivity contribution in [3.8, 4) is 0 Å². The van der Waals surface area contributed by atoms with Gasteiger partial charge in [0, 0.05) is 17.6 Å².